The average molecular weight is 921 g/mol. The summed E-state index contributed by atoms with van der Waals surface area (Å²) in [5.74, 6) is 0. The molecule has 0 aliphatic heterocycles. The molecule has 0 amide bonds. The quantitative estimate of drug-likeness (QED) is 0.0825. The van der Waals surface area contributed by atoms with Crippen LogP contribution in [0.15, 0.2) is 121 Å². The van der Waals surface area contributed by atoms with Crippen molar-refractivity contribution in [1.29, 1.82) is 0 Å². The molecule has 0 unspecified atom stereocenters. The van der Waals surface area contributed by atoms with Gasteiger partial charge in [-0.1, -0.05) is 195 Å². The summed E-state index contributed by atoms with van der Waals surface area (Å²) in [4.78, 5) is 0. The van der Waals surface area contributed by atoms with E-state index in [1.54, 1.807) is 0 Å². The number of halogens is 8. The van der Waals surface area contributed by atoms with Crippen molar-refractivity contribution in [1.82, 2.24) is 0 Å². The van der Waals surface area contributed by atoms with Gasteiger partial charge < -0.3 is 14.0 Å². The Kier molecular flexibility index (Phi) is 16.4. The third kappa shape index (κ3) is 11.4. The van der Waals surface area contributed by atoms with Gasteiger partial charge in [0.25, 0.3) is 16.6 Å². The molecule has 1 N–H and O–H groups in total. The van der Waals surface area contributed by atoms with E-state index < -0.39 is 64.3 Å². The van der Waals surface area contributed by atoms with E-state index in [0.29, 0.717) is 6.42 Å². The number of benzene rings is 4. The van der Waals surface area contributed by atoms with Crippen molar-refractivity contribution in [2.24, 2.45) is 0 Å². The summed E-state index contributed by atoms with van der Waals surface area (Å²) < 4.78 is 95.0. The summed E-state index contributed by atoms with van der Waals surface area (Å²) in [5.41, 5.74) is 0. The second-order valence-corrected chi connectivity index (χ2v) is 27.0. The standard InChI is InChI=1S/C21H25Br2F3OSi.C20H25F3O2Si/c1-20(2,3)28(16-10-6-4-7-11-16,17-12-8-5-9-13-17)27-18(21(24,25)26)14-15-19(22)23;1-19(2,3)26(16-10-6-4-7-11-16,17-12-8-5-9-13-17)25-18(14-15-24)20(21,22)23/h4-13,18-19H,14-15H2,1-3H3;4-13,18,24H,14-15H2,1-3H3/t2*18-/m11/s1. The second-order valence-electron chi connectivity index (χ2n) is 15.1. The van der Waals surface area contributed by atoms with Crippen LogP contribution in [0, 0.1) is 0 Å². The average Bonchev–Trinajstić information content (AvgIpc) is 3.10. The van der Waals surface area contributed by atoms with Crippen LogP contribution in [0.2, 0.25) is 10.1 Å². The Morgan fingerprint density at radius 3 is 0.944 bits per heavy atom. The molecule has 0 fully saturated rings. The number of hydrogen-bond donors (Lipinski definition) is 1. The lowest BCUT2D eigenvalue weighted by molar-refractivity contribution is -0.201. The zero-order chi connectivity index (χ0) is 40.4. The van der Waals surface area contributed by atoms with Crippen LogP contribution in [0.4, 0.5) is 26.3 Å². The number of alkyl halides is 8. The predicted molar refractivity (Wildman–Crippen MR) is 220 cm³/mol. The van der Waals surface area contributed by atoms with Crippen LogP contribution in [-0.4, -0.2) is 56.6 Å². The summed E-state index contributed by atoms with van der Waals surface area (Å²) in [6, 6.07) is 37.1. The van der Waals surface area contributed by atoms with E-state index >= 15 is 0 Å². The van der Waals surface area contributed by atoms with Gasteiger partial charge >= 0.3 is 12.4 Å². The molecule has 13 heteroatoms. The Hall–Kier alpha value is -2.27. The Balaban J connectivity index is 0.000000291. The highest BCUT2D eigenvalue weighted by Gasteiger charge is 2.56. The molecule has 0 saturated carbocycles. The topological polar surface area (TPSA) is 38.7 Å². The normalized spacial score (nSPS) is 14.3. The van der Waals surface area contributed by atoms with Crippen LogP contribution in [0.1, 0.15) is 60.8 Å². The molecule has 4 aromatic rings. The van der Waals surface area contributed by atoms with Crippen molar-refractivity contribution >= 4 is 69.2 Å². The van der Waals surface area contributed by atoms with Gasteiger partial charge in [-0.2, -0.15) is 26.3 Å². The maximum Gasteiger partial charge on any atom is 0.413 e. The van der Waals surface area contributed by atoms with Gasteiger partial charge in [-0.05, 0) is 43.7 Å². The smallest absolute Gasteiger partial charge is 0.396 e. The van der Waals surface area contributed by atoms with Gasteiger partial charge in [0, 0.05) is 13.0 Å². The van der Waals surface area contributed by atoms with Crippen molar-refractivity contribution in [2.45, 2.75) is 99.2 Å². The van der Waals surface area contributed by atoms with Gasteiger partial charge in [-0.15, -0.1) is 0 Å². The van der Waals surface area contributed by atoms with Crippen LogP contribution in [0.3, 0.4) is 0 Å². The highest BCUT2D eigenvalue weighted by atomic mass is 79.9. The Morgan fingerprint density at radius 1 is 0.481 bits per heavy atom. The maximum atomic E-state index is 14.0. The fourth-order valence-electron chi connectivity index (χ4n) is 6.78. The lowest BCUT2D eigenvalue weighted by Gasteiger charge is -2.45. The molecule has 0 aliphatic carbocycles. The van der Waals surface area contributed by atoms with Crippen molar-refractivity contribution in [2.75, 3.05) is 6.61 Å². The highest BCUT2D eigenvalue weighted by molar-refractivity contribution is 9.24. The second kappa shape index (κ2) is 19.3. The number of aliphatic hydroxyl groups excluding tert-OH is 1. The molecule has 0 saturated heterocycles. The van der Waals surface area contributed by atoms with Crippen molar-refractivity contribution < 1.29 is 40.3 Å². The molecule has 0 bridgehead atoms. The molecule has 0 aliphatic rings. The summed E-state index contributed by atoms with van der Waals surface area (Å²) in [6.07, 6.45) is -13.1. The predicted octanol–water partition coefficient (Wildman–Crippen LogP) is 10.3. The zero-order valence-electron chi connectivity index (χ0n) is 31.4. The zero-order valence-corrected chi connectivity index (χ0v) is 36.6. The molecule has 0 aromatic heterocycles. The van der Waals surface area contributed by atoms with Gasteiger partial charge in [0.05, 0.1) is 3.74 Å². The first-order valence-electron chi connectivity index (χ1n) is 17.7. The molecule has 54 heavy (non-hydrogen) atoms. The largest absolute Gasteiger partial charge is 0.413 e. The lowest BCUT2D eigenvalue weighted by atomic mass is 10.2. The Labute approximate surface area is 335 Å². The van der Waals surface area contributed by atoms with Crippen LogP contribution >= 0.6 is 31.9 Å². The van der Waals surface area contributed by atoms with Crippen molar-refractivity contribution in [3.8, 4) is 0 Å². The van der Waals surface area contributed by atoms with E-state index in [1.165, 1.54) is 0 Å². The minimum atomic E-state index is -4.55. The molecule has 0 radical (unpaired) electrons. The fraction of sp³-hybridized carbons (Fsp3) is 0.415. The van der Waals surface area contributed by atoms with Crippen LogP contribution in [0.25, 0.3) is 0 Å². The van der Waals surface area contributed by atoms with E-state index in [4.69, 9.17) is 8.85 Å². The Bertz CT molecular complexity index is 1590. The van der Waals surface area contributed by atoms with Gasteiger partial charge in [-0.3, -0.25) is 0 Å². The molecule has 2 atom stereocenters. The lowest BCUT2D eigenvalue weighted by Crippen LogP contribution is -2.68. The van der Waals surface area contributed by atoms with Crippen LogP contribution in [0.5, 0.6) is 0 Å². The van der Waals surface area contributed by atoms with Gasteiger partial charge in [0.15, 0.2) is 0 Å². The molecule has 296 valence electrons. The van der Waals surface area contributed by atoms with Gasteiger partial charge in [-0.25, -0.2) is 0 Å². The summed E-state index contributed by atoms with van der Waals surface area (Å²) in [5, 5.41) is 11.4. The molecule has 4 rings (SSSR count). The van der Waals surface area contributed by atoms with Crippen LogP contribution in [-0.2, 0) is 8.85 Å². The van der Waals surface area contributed by atoms with Crippen LogP contribution < -0.4 is 20.7 Å². The Morgan fingerprint density at radius 2 is 0.741 bits per heavy atom. The summed E-state index contributed by atoms with van der Waals surface area (Å²) >= 11 is 6.57. The first-order valence-corrected chi connectivity index (χ1v) is 23.4. The van der Waals surface area contributed by atoms with E-state index in [9.17, 15) is 31.4 Å². The fourth-order valence-corrected chi connectivity index (χ4v) is 16.7. The molecule has 0 heterocycles. The SMILES string of the molecule is CC(C)(C)[Si](O[C@H](CCC(Br)Br)C(F)(F)F)(c1ccccc1)c1ccccc1.CC(C)(C)[Si](O[C@H](CCO)C(F)(F)F)(c1ccccc1)c1ccccc1. The van der Waals surface area contributed by atoms with E-state index in [0.717, 1.165) is 20.7 Å². The minimum Gasteiger partial charge on any atom is -0.396 e. The van der Waals surface area contributed by atoms with E-state index in [-0.39, 0.29) is 10.2 Å². The summed E-state index contributed by atoms with van der Waals surface area (Å²) in [7, 11) is -6.54. The van der Waals surface area contributed by atoms with Crippen molar-refractivity contribution in [3.63, 3.8) is 0 Å². The molecular weight excluding hydrogens is 870 g/mol. The third-order valence-electron chi connectivity index (χ3n) is 9.24. The minimum absolute atomic E-state index is 0.116. The molecule has 4 aromatic carbocycles. The number of rotatable bonds is 13. The highest BCUT2D eigenvalue weighted by Crippen LogP contribution is 2.42. The van der Waals surface area contributed by atoms with Gasteiger partial charge in [0.2, 0.25) is 0 Å². The van der Waals surface area contributed by atoms with E-state index in [1.807, 2.05) is 163 Å². The number of aliphatic hydroxyl groups is 1. The first kappa shape index (κ1) is 46.1. The molecule has 3 nitrogen and oxygen atoms in total. The molecular formula is C41H50Br2F6O3Si2. The van der Waals surface area contributed by atoms with E-state index in [2.05, 4.69) is 31.9 Å². The first-order chi connectivity index (χ1) is 25.1. The summed E-state index contributed by atoms with van der Waals surface area (Å²) in [6.45, 7) is 11.1. The van der Waals surface area contributed by atoms with Gasteiger partial charge in [0.1, 0.15) is 12.2 Å². The third-order valence-corrected chi connectivity index (χ3v) is 20.2. The monoisotopic (exact) mass is 918 g/mol. The maximum absolute atomic E-state index is 14.0. The molecule has 0 spiro atoms. The number of hydrogen-bond acceptors (Lipinski definition) is 3. The van der Waals surface area contributed by atoms with Crippen molar-refractivity contribution in [3.05, 3.63) is 121 Å².